The molecule has 4 saturated heterocycles. The van der Waals surface area contributed by atoms with E-state index in [0.717, 1.165) is 0 Å². The molecule has 0 radical (unpaired) electrons. The Morgan fingerprint density at radius 1 is 0.524 bits per heavy atom. The lowest BCUT2D eigenvalue weighted by molar-refractivity contribution is -0.377. The molecule has 12 N–H and O–H groups in total. The summed E-state index contributed by atoms with van der Waals surface area (Å²) in [6, 6.07) is 0. The van der Waals surface area contributed by atoms with E-state index in [0.29, 0.717) is 0 Å². The van der Waals surface area contributed by atoms with Crippen LogP contribution in [0.1, 0.15) is 6.92 Å². The first kappa shape index (κ1) is 34.1. The summed E-state index contributed by atoms with van der Waals surface area (Å²) in [6.07, 6.45) is -30.5. The average molecular weight is 621 g/mol. The molecule has 0 spiro atoms. The zero-order valence-electron chi connectivity index (χ0n) is 22.3. The third-order valence-electron chi connectivity index (χ3n) is 7.79. The molecule has 246 valence electrons. The number of ether oxygens (including phenoxy) is 7. The number of rotatable bonds is 8. The van der Waals surface area contributed by atoms with E-state index in [1.807, 2.05) is 0 Å². The predicted octanol–water partition coefficient (Wildman–Crippen LogP) is -8.08. The van der Waals surface area contributed by atoms with Crippen LogP contribution in [0.2, 0.25) is 0 Å². The van der Waals surface area contributed by atoms with Crippen molar-refractivity contribution in [3.63, 3.8) is 0 Å². The second kappa shape index (κ2) is 14.1. The summed E-state index contributed by atoms with van der Waals surface area (Å²) >= 11 is 0. The molecule has 0 unspecified atom stereocenters. The van der Waals surface area contributed by atoms with Crippen LogP contribution in [0.5, 0.6) is 0 Å². The van der Waals surface area contributed by atoms with Crippen molar-refractivity contribution in [1.29, 1.82) is 0 Å². The van der Waals surface area contributed by atoms with Gasteiger partial charge < -0.3 is 94.4 Å². The van der Waals surface area contributed by atoms with Gasteiger partial charge in [0.1, 0.15) is 85.5 Å². The van der Waals surface area contributed by atoms with E-state index in [9.17, 15) is 61.3 Å². The van der Waals surface area contributed by atoms with Gasteiger partial charge in [-0.2, -0.15) is 0 Å². The van der Waals surface area contributed by atoms with Crippen LogP contribution in [-0.2, 0) is 33.2 Å². The Morgan fingerprint density at radius 3 is 1.69 bits per heavy atom. The van der Waals surface area contributed by atoms with Gasteiger partial charge in [0, 0.05) is 0 Å². The van der Waals surface area contributed by atoms with Crippen LogP contribution in [0.15, 0.2) is 0 Å². The molecule has 19 nitrogen and oxygen atoms in total. The quantitative estimate of drug-likeness (QED) is 0.120. The zero-order chi connectivity index (χ0) is 31.0. The molecule has 4 fully saturated rings. The van der Waals surface area contributed by atoms with Crippen LogP contribution in [0.3, 0.4) is 0 Å². The first-order valence-corrected chi connectivity index (χ1v) is 13.4. The molecule has 4 rings (SSSR count). The SMILES string of the molecule is C[C@@H]1O[C@@H](O)[C@@H](O)[C@@H](O)[C@H]1O[C@H]1OC[C@@H](O[C@H]2O[C@@H](CO)[C@@H](O[C@H]3O[C@@H](CO)[C@@H](O)[C@@H](O)[C@H]3O)[C@@H](O)[C@H]2O)[C@@H](O)[C@H]1O. The van der Waals surface area contributed by atoms with Crippen LogP contribution >= 0.6 is 0 Å². The largest absolute Gasteiger partial charge is 0.394 e. The van der Waals surface area contributed by atoms with Gasteiger partial charge in [-0.15, -0.1) is 0 Å². The molecule has 4 aliphatic rings. The van der Waals surface area contributed by atoms with Gasteiger partial charge in [-0.25, -0.2) is 0 Å². The molecule has 4 heterocycles. The van der Waals surface area contributed by atoms with Crippen molar-refractivity contribution >= 4 is 0 Å². The fourth-order valence-electron chi connectivity index (χ4n) is 5.21. The lowest BCUT2D eigenvalue weighted by Crippen LogP contribution is -2.66. The molecular weight excluding hydrogens is 580 g/mol. The van der Waals surface area contributed by atoms with Crippen LogP contribution in [0.4, 0.5) is 0 Å². The molecule has 4 aliphatic heterocycles. The average Bonchev–Trinajstić information content (AvgIpc) is 2.97. The smallest absolute Gasteiger partial charge is 0.187 e. The van der Waals surface area contributed by atoms with E-state index in [2.05, 4.69) is 0 Å². The van der Waals surface area contributed by atoms with Crippen LogP contribution in [-0.4, -0.2) is 198 Å². The summed E-state index contributed by atoms with van der Waals surface area (Å²) in [4.78, 5) is 0. The van der Waals surface area contributed by atoms with Crippen molar-refractivity contribution in [2.45, 2.75) is 124 Å². The van der Waals surface area contributed by atoms with Gasteiger partial charge in [-0.05, 0) is 6.92 Å². The maximum absolute atomic E-state index is 10.7. The first-order valence-electron chi connectivity index (χ1n) is 13.4. The molecule has 0 saturated carbocycles. The fourth-order valence-corrected chi connectivity index (χ4v) is 5.21. The summed E-state index contributed by atoms with van der Waals surface area (Å²) in [6.45, 7) is -0.610. The first-order chi connectivity index (χ1) is 19.8. The highest BCUT2D eigenvalue weighted by molar-refractivity contribution is 4.95. The topological polar surface area (TPSA) is 307 Å². The molecule has 0 aromatic rings. The van der Waals surface area contributed by atoms with Gasteiger partial charge in [0.05, 0.1) is 25.9 Å². The van der Waals surface area contributed by atoms with Gasteiger partial charge in [0.25, 0.3) is 0 Å². The van der Waals surface area contributed by atoms with Crippen LogP contribution < -0.4 is 0 Å². The molecular formula is C23H40O19. The summed E-state index contributed by atoms with van der Waals surface area (Å²) in [5, 5.41) is 122. The lowest BCUT2D eigenvalue weighted by atomic mass is 9.96. The van der Waals surface area contributed by atoms with Crippen LogP contribution in [0, 0.1) is 0 Å². The van der Waals surface area contributed by atoms with E-state index in [-0.39, 0.29) is 0 Å². The van der Waals surface area contributed by atoms with E-state index >= 15 is 0 Å². The Balaban J connectivity index is 1.36. The molecule has 42 heavy (non-hydrogen) atoms. The second-order valence-electron chi connectivity index (χ2n) is 10.7. The summed E-state index contributed by atoms with van der Waals surface area (Å²) in [7, 11) is 0. The van der Waals surface area contributed by atoms with Gasteiger partial charge in [0.2, 0.25) is 0 Å². The highest BCUT2D eigenvalue weighted by Crippen LogP contribution is 2.32. The molecule has 0 bridgehead atoms. The third-order valence-corrected chi connectivity index (χ3v) is 7.79. The Kier molecular flexibility index (Phi) is 11.5. The van der Waals surface area contributed by atoms with Crippen molar-refractivity contribution in [2.75, 3.05) is 19.8 Å². The second-order valence-corrected chi connectivity index (χ2v) is 10.7. The predicted molar refractivity (Wildman–Crippen MR) is 126 cm³/mol. The minimum Gasteiger partial charge on any atom is -0.394 e. The van der Waals surface area contributed by atoms with Gasteiger partial charge in [0.15, 0.2) is 25.2 Å². The normalized spacial score (nSPS) is 54.1. The van der Waals surface area contributed by atoms with Crippen LogP contribution in [0.25, 0.3) is 0 Å². The summed E-state index contributed by atoms with van der Waals surface area (Å²) in [5.41, 5.74) is 0. The highest BCUT2D eigenvalue weighted by atomic mass is 16.8. The fraction of sp³-hybridized carbons (Fsp3) is 1.00. The Labute approximate surface area is 238 Å². The molecule has 19 heteroatoms. The number of aliphatic hydroxyl groups is 12. The van der Waals surface area contributed by atoms with E-state index < -0.39 is 137 Å². The molecule has 0 aromatic carbocycles. The monoisotopic (exact) mass is 620 g/mol. The van der Waals surface area contributed by atoms with E-state index in [4.69, 9.17) is 33.2 Å². The standard InChI is InChI=1S/C23H40O19/c1-5-18(12(29)14(31)20(35)37-5)41-21-15(32)10(27)8(4-36-21)40-22-17(34)13(30)19(7(3-25)39-22)42-23-16(33)11(28)9(26)6(2-24)38-23/h5-35H,2-4H2,1H3/t5-,6-,7-,8+,9+,10+,11+,12+,13-,14-,15+,16+,17+,18-,19+,20+,21+,22+,23+/m0/s1. The van der Waals surface area contributed by atoms with E-state index in [1.165, 1.54) is 6.92 Å². The Hall–Kier alpha value is -0.760. The highest BCUT2D eigenvalue weighted by Gasteiger charge is 2.53. The lowest BCUT2D eigenvalue weighted by Gasteiger charge is -2.47. The number of aliphatic hydroxyl groups excluding tert-OH is 12. The van der Waals surface area contributed by atoms with Gasteiger partial charge in [-0.3, -0.25) is 0 Å². The number of hydrogen-bond donors (Lipinski definition) is 12. The Bertz CT molecular complexity index is 851. The van der Waals surface area contributed by atoms with E-state index in [1.54, 1.807) is 0 Å². The minimum absolute atomic E-state index is 0.469. The minimum atomic E-state index is -1.90. The molecule has 0 aromatic heterocycles. The Morgan fingerprint density at radius 2 is 1.05 bits per heavy atom. The zero-order valence-corrected chi connectivity index (χ0v) is 22.3. The summed E-state index contributed by atoms with van der Waals surface area (Å²) in [5.74, 6) is 0. The third kappa shape index (κ3) is 6.74. The number of hydrogen-bond acceptors (Lipinski definition) is 19. The molecule has 19 atom stereocenters. The van der Waals surface area contributed by atoms with Gasteiger partial charge in [-0.1, -0.05) is 0 Å². The molecule has 0 amide bonds. The maximum atomic E-state index is 10.7. The van der Waals surface area contributed by atoms with Crippen molar-refractivity contribution in [2.24, 2.45) is 0 Å². The molecule has 0 aliphatic carbocycles. The van der Waals surface area contributed by atoms with Crippen molar-refractivity contribution < 1.29 is 94.4 Å². The van der Waals surface area contributed by atoms with Crippen molar-refractivity contribution in [3.05, 3.63) is 0 Å². The van der Waals surface area contributed by atoms with Crippen molar-refractivity contribution in [3.8, 4) is 0 Å². The van der Waals surface area contributed by atoms with Crippen molar-refractivity contribution in [1.82, 2.24) is 0 Å². The van der Waals surface area contributed by atoms with Gasteiger partial charge >= 0.3 is 0 Å². The maximum Gasteiger partial charge on any atom is 0.187 e. The summed E-state index contributed by atoms with van der Waals surface area (Å²) < 4.78 is 37.8.